The van der Waals surface area contributed by atoms with E-state index < -0.39 is 17.3 Å². The van der Waals surface area contributed by atoms with Gasteiger partial charge in [-0.05, 0) is 20.8 Å². The molecule has 0 radical (unpaired) electrons. The van der Waals surface area contributed by atoms with E-state index in [4.69, 9.17) is 4.55 Å². The molecule has 0 aliphatic rings. The largest absolute Gasteiger partial charge is 0.309 e. The van der Waals surface area contributed by atoms with Gasteiger partial charge < -0.3 is 9.87 Å². The van der Waals surface area contributed by atoms with Gasteiger partial charge in [-0.25, -0.2) is 8.60 Å². The van der Waals surface area contributed by atoms with Crippen LogP contribution in [0.2, 0.25) is 0 Å². The highest BCUT2D eigenvalue weighted by Gasteiger charge is 2.14. The zero-order valence-electron chi connectivity index (χ0n) is 7.63. The molecule has 0 rings (SSSR count). The van der Waals surface area contributed by atoms with Crippen LogP contribution in [-0.4, -0.2) is 32.8 Å². The van der Waals surface area contributed by atoms with Crippen LogP contribution in [0.4, 0.5) is 4.39 Å². The molecule has 0 aromatic carbocycles. The number of nitrogens with one attached hydrogen (secondary N) is 1. The van der Waals surface area contributed by atoms with Crippen LogP contribution in [0.3, 0.4) is 0 Å². The summed E-state index contributed by atoms with van der Waals surface area (Å²) in [7, 11) is 0. The predicted molar refractivity (Wildman–Crippen MR) is 48.3 cm³/mol. The second-order valence-corrected chi connectivity index (χ2v) is 4.69. The molecule has 0 aromatic heterocycles. The summed E-state index contributed by atoms with van der Waals surface area (Å²) in [6.45, 7) is 5.86. The Hall–Kier alpha value is -0.0000000000000000486. The summed E-state index contributed by atoms with van der Waals surface area (Å²) in [5, 5.41) is 2.91. The smallest absolute Gasteiger partial charge is 0.155 e. The monoisotopic (exact) mass is 197 g/mol. The zero-order valence-corrected chi connectivity index (χ0v) is 8.45. The molecule has 0 amide bonds. The molecule has 2 unspecified atom stereocenters. The van der Waals surface area contributed by atoms with Crippen LogP contribution in [-0.2, 0) is 11.1 Å². The third-order valence-corrected chi connectivity index (χ3v) is 1.82. The van der Waals surface area contributed by atoms with E-state index in [1.165, 1.54) is 0 Å². The van der Waals surface area contributed by atoms with E-state index in [9.17, 15) is 8.60 Å². The summed E-state index contributed by atoms with van der Waals surface area (Å²) in [6.07, 6.45) is -1.25. The molecule has 0 aliphatic heterocycles. The van der Waals surface area contributed by atoms with Gasteiger partial charge in [0.25, 0.3) is 0 Å². The van der Waals surface area contributed by atoms with Crippen molar-refractivity contribution in [1.29, 1.82) is 0 Å². The predicted octanol–water partition coefficient (Wildman–Crippen LogP) is 0.934. The first-order valence-electron chi connectivity index (χ1n) is 3.78. The van der Waals surface area contributed by atoms with Gasteiger partial charge in [-0.1, -0.05) is 0 Å². The Kier molecular flexibility index (Phi) is 4.89. The molecule has 0 spiro atoms. The molecule has 0 fully saturated rings. The van der Waals surface area contributed by atoms with E-state index >= 15 is 0 Å². The molecule has 12 heavy (non-hydrogen) atoms. The molecule has 3 nitrogen and oxygen atoms in total. The molecule has 0 aliphatic carbocycles. The van der Waals surface area contributed by atoms with E-state index in [2.05, 4.69) is 5.32 Å². The fourth-order valence-corrected chi connectivity index (χ4v) is 1.06. The van der Waals surface area contributed by atoms with Gasteiger partial charge in [-0.2, -0.15) is 0 Å². The van der Waals surface area contributed by atoms with E-state index in [1.807, 2.05) is 20.8 Å². The summed E-state index contributed by atoms with van der Waals surface area (Å²) < 4.78 is 31.3. The summed E-state index contributed by atoms with van der Waals surface area (Å²) >= 11 is -2.04. The van der Waals surface area contributed by atoms with Crippen LogP contribution in [0.25, 0.3) is 0 Å². The number of rotatable bonds is 4. The van der Waals surface area contributed by atoms with Gasteiger partial charge in [-0.15, -0.1) is 0 Å². The lowest BCUT2D eigenvalue weighted by Gasteiger charge is -2.21. The van der Waals surface area contributed by atoms with Crippen molar-refractivity contribution in [2.75, 3.05) is 12.3 Å². The Labute approximate surface area is 75.0 Å². The highest BCUT2D eigenvalue weighted by Crippen LogP contribution is 2.00. The van der Waals surface area contributed by atoms with Gasteiger partial charge in [0.2, 0.25) is 0 Å². The van der Waals surface area contributed by atoms with Crippen molar-refractivity contribution < 1.29 is 13.2 Å². The number of alkyl halides is 1. The van der Waals surface area contributed by atoms with Gasteiger partial charge in [0, 0.05) is 12.1 Å². The third-order valence-electron chi connectivity index (χ3n) is 1.18. The lowest BCUT2D eigenvalue weighted by atomic mass is 10.1. The van der Waals surface area contributed by atoms with Crippen LogP contribution in [0.1, 0.15) is 20.8 Å². The maximum Gasteiger partial charge on any atom is 0.155 e. The van der Waals surface area contributed by atoms with Crippen LogP contribution in [0.5, 0.6) is 0 Å². The maximum absolute atomic E-state index is 12.8. The first-order chi connectivity index (χ1) is 5.31. The van der Waals surface area contributed by atoms with E-state index in [-0.39, 0.29) is 17.8 Å². The van der Waals surface area contributed by atoms with Crippen molar-refractivity contribution in [3.05, 3.63) is 0 Å². The second-order valence-electron chi connectivity index (χ2n) is 3.72. The van der Waals surface area contributed by atoms with Crippen molar-refractivity contribution in [2.45, 2.75) is 32.5 Å². The number of hydrogen-bond donors (Lipinski definition) is 2. The molecule has 0 bridgehead atoms. The molecule has 0 saturated heterocycles. The Morgan fingerprint density at radius 2 is 2.08 bits per heavy atom. The Bertz CT molecular complexity index is 158. The summed E-state index contributed by atoms with van der Waals surface area (Å²) in [5.41, 5.74) is -0.152. The van der Waals surface area contributed by atoms with Crippen molar-refractivity contribution in [3.63, 3.8) is 0 Å². The average Bonchev–Trinajstić information content (AvgIpc) is 1.80. The molecule has 2 N–H and O–H groups in total. The zero-order chi connectivity index (χ0) is 9.78. The summed E-state index contributed by atoms with van der Waals surface area (Å²) in [5.74, 6) is -0.316. The summed E-state index contributed by atoms with van der Waals surface area (Å²) in [4.78, 5) is 0. The molecular weight excluding hydrogens is 181 g/mol. The molecule has 2 atom stereocenters. The van der Waals surface area contributed by atoms with Crippen LogP contribution < -0.4 is 5.32 Å². The standard InChI is InChI=1S/C7H16FNO2S/c1-7(2,3)9-4-6(8)5-12(10)11/h6,9H,4-5H2,1-3H3,(H,10,11). The van der Waals surface area contributed by atoms with Gasteiger partial charge in [0.1, 0.15) is 6.17 Å². The van der Waals surface area contributed by atoms with Crippen molar-refractivity contribution in [2.24, 2.45) is 0 Å². The van der Waals surface area contributed by atoms with E-state index in [0.717, 1.165) is 0 Å². The second kappa shape index (κ2) is 4.89. The minimum atomic E-state index is -2.04. The van der Waals surface area contributed by atoms with Gasteiger partial charge in [0.05, 0.1) is 5.75 Å². The van der Waals surface area contributed by atoms with Crippen LogP contribution in [0, 0.1) is 0 Å². The molecular formula is C7H16FNO2S. The number of hydrogen-bond acceptors (Lipinski definition) is 2. The van der Waals surface area contributed by atoms with Crippen LogP contribution in [0.15, 0.2) is 0 Å². The minimum Gasteiger partial charge on any atom is -0.309 e. The fraction of sp³-hybridized carbons (Fsp3) is 1.00. The fourth-order valence-electron chi connectivity index (χ4n) is 0.631. The molecule has 74 valence electrons. The Balaban J connectivity index is 3.57. The molecule has 0 heterocycles. The maximum atomic E-state index is 12.8. The van der Waals surface area contributed by atoms with Crippen molar-refractivity contribution in [3.8, 4) is 0 Å². The van der Waals surface area contributed by atoms with Gasteiger partial charge in [-0.3, -0.25) is 0 Å². The SMILES string of the molecule is CC(C)(C)NCC(F)CS(=O)O. The van der Waals surface area contributed by atoms with Gasteiger partial charge in [0.15, 0.2) is 11.1 Å². The van der Waals surface area contributed by atoms with Crippen molar-refractivity contribution in [1.82, 2.24) is 5.32 Å². The first-order valence-corrected chi connectivity index (χ1v) is 5.05. The lowest BCUT2D eigenvalue weighted by Crippen LogP contribution is -2.41. The molecule has 5 heteroatoms. The molecule has 0 aromatic rings. The number of halogens is 1. The first kappa shape index (κ1) is 12.0. The quantitative estimate of drug-likeness (QED) is 0.659. The molecule has 0 saturated carbocycles. The topological polar surface area (TPSA) is 49.3 Å². The van der Waals surface area contributed by atoms with Gasteiger partial charge >= 0.3 is 0 Å². The van der Waals surface area contributed by atoms with Crippen molar-refractivity contribution >= 4 is 11.1 Å². The minimum absolute atomic E-state index is 0.121. The normalized spacial score (nSPS) is 17.4. The highest BCUT2D eigenvalue weighted by atomic mass is 32.2. The summed E-state index contributed by atoms with van der Waals surface area (Å²) in [6, 6.07) is 0. The highest BCUT2D eigenvalue weighted by molar-refractivity contribution is 7.79. The lowest BCUT2D eigenvalue weighted by molar-refractivity contribution is 0.305. The Morgan fingerprint density at radius 1 is 1.58 bits per heavy atom. The van der Waals surface area contributed by atoms with Crippen LogP contribution >= 0.6 is 0 Å². The average molecular weight is 197 g/mol. The van der Waals surface area contributed by atoms with E-state index in [1.54, 1.807) is 0 Å². The van der Waals surface area contributed by atoms with E-state index in [0.29, 0.717) is 0 Å². The Morgan fingerprint density at radius 3 is 2.42 bits per heavy atom. The third kappa shape index (κ3) is 8.10.